The van der Waals surface area contributed by atoms with E-state index < -0.39 is 0 Å². The van der Waals surface area contributed by atoms with Gasteiger partial charge in [-0.05, 0) is 45.0 Å². The Morgan fingerprint density at radius 2 is 1.72 bits per heavy atom. The molecule has 0 radical (unpaired) electrons. The van der Waals surface area contributed by atoms with E-state index >= 15 is 0 Å². The normalized spacial score (nSPS) is 25.0. The predicted octanol–water partition coefficient (Wildman–Crippen LogP) is 1.16. The minimum Gasteiger partial charge on any atom is -0.367 e. The van der Waals surface area contributed by atoms with Crippen molar-refractivity contribution in [1.82, 2.24) is 25.1 Å². The molecule has 2 rings (SSSR count). The van der Waals surface area contributed by atoms with Crippen LogP contribution in [-0.2, 0) is 11.8 Å². The minimum absolute atomic E-state index is 0.151. The van der Waals surface area contributed by atoms with Gasteiger partial charge in [0.15, 0.2) is 5.82 Å². The van der Waals surface area contributed by atoms with Gasteiger partial charge in [0, 0.05) is 20.1 Å². The molecule has 0 bridgehead atoms. The van der Waals surface area contributed by atoms with E-state index in [1.54, 1.807) is 4.68 Å². The molecule has 0 N–H and O–H groups in total. The quantitative estimate of drug-likeness (QED) is 0.791. The third-order valence-electron chi connectivity index (χ3n) is 3.29. The summed E-state index contributed by atoms with van der Waals surface area (Å²) in [6.45, 7) is 12.4. The second-order valence-corrected chi connectivity index (χ2v) is 6.36. The molecule has 1 saturated heterocycles. The summed E-state index contributed by atoms with van der Waals surface area (Å²) >= 11 is 0. The molecule has 6 heteroatoms. The molecule has 1 aromatic heterocycles. The van der Waals surface area contributed by atoms with Crippen LogP contribution in [0.1, 0.15) is 46.5 Å². The Labute approximate surface area is 108 Å². The van der Waals surface area contributed by atoms with Crippen molar-refractivity contribution in [1.29, 1.82) is 0 Å². The van der Waals surface area contributed by atoms with Gasteiger partial charge in [0.1, 0.15) is 0 Å². The van der Waals surface area contributed by atoms with Gasteiger partial charge < -0.3 is 4.74 Å². The van der Waals surface area contributed by atoms with Crippen molar-refractivity contribution in [2.24, 2.45) is 7.05 Å². The Hall–Kier alpha value is -1.01. The lowest BCUT2D eigenvalue weighted by Gasteiger charge is -2.48. The van der Waals surface area contributed by atoms with E-state index in [0.717, 1.165) is 18.9 Å². The molecule has 18 heavy (non-hydrogen) atoms. The van der Waals surface area contributed by atoms with E-state index in [9.17, 15) is 0 Å². The summed E-state index contributed by atoms with van der Waals surface area (Å²) < 4.78 is 7.83. The lowest BCUT2D eigenvalue weighted by Crippen LogP contribution is -2.57. The highest BCUT2D eigenvalue weighted by atomic mass is 16.5. The van der Waals surface area contributed by atoms with Crippen LogP contribution in [0.4, 0.5) is 0 Å². The Bertz CT molecular complexity index is 410. The molecule has 0 spiro atoms. The van der Waals surface area contributed by atoms with E-state index in [-0.39, 0.29) is 17.2 Å². The number of ether oxygens (including phenoxy) is 1. The van der Waals surface area contributed by atoms with Gasteiger partial charge in [0.05, 0.1) is 17.2 Å². The maximum atomic E-state index is 6.09. The second kappa shape index (κ2) is 4.28. The summed E-state index contributed by atoms with van der Waals surface area (Å²) in [5.74, 6) is 0.892. The average Bonchev–Trinajstić information content (AvgIpc) is 2.58. The molecule has 0 aliphatic carbocycles. The first kappa shape index (κ1) is 13.4. The van der Waals surface area contributed by atoms with Crippen LogP contribution in [0.15, 0.2) is 0 Å². The van der Waals surface area contributed by atoms with E-state index in [2.05, 4.69) is 55.0 Å². The number of hydrogen-bond donors (Lipinski definition) is 0. The summed E-state index contributed by atoms with van der Waals surface area (Å²) in [6.07, 6.45) is 0. The lowest BCUT2D eigenvalue weighted by molar-refractivity contribution is -0.187. The molecular weight excluding hydrogens is 230 g/mol. The molecule has 2 heterocycles. The smallest absolute Gasteiger partial charge is 0.167 e. The Kier molecular flexibility index (Phi) is 3.19. The van der Waals surface area contributed by atoms with Crippen molar-refractivity contribution in [3.63, 3.8) is 0 Å². The van der Waals surface area contributed by atoms with Crippen LogP contribution < -0.4 is 0 Å². The molecule has 0 amide bonds. The number of aryl methyl sites for hydroxylation is 1. The van der Waals surface area contributed by atoms with Gasteiger partial charge in [-0.1, -0.05) is 0 Å². The minimum atomic E-state index is -0.151. The maximum Gasteiger partial charge on any atom is 0.167 e. The fraction of sp³-hybridized carbons (Fsp3) is 0.917. The number of rotatable bonds is 2. The molecule has 6 nitrogen and oxygen atoms in total. The van der Waals surface area contributed by atoms with Gasteiger partial charge in [0.2, 0.25) is 0 Å². The van der Waals surface area contributed by atoms with Gasteiger partial charge in [0.25, 0.3) is 0 Å². The number of hydrogen-bond acceptors (Lipinski definition) is 5. The van der Waals surface area contributed by atoms with Crippen LogP contribution >= 0.6 is 0 Å². The largest absolute Gasteiger partial charge is 0.367 e. The Balaban J connectivity index is 2.20. The van der Waals surface area contributed by atoms with Crippen molar-refractivity contribution in [2.75, 3.05) is 13.1 Å². The Morgan fingerprint density at radius 3 is 2.17 bits per heavy atom. The first-order valence-corrected chi connectivity index (χ1v) is 6.37. The van der Waals surface area contributed by atoms with Crippen molar-refractivity contribution in [3.8, 4) is 0 Å². The number of nitrogens with zero attached hydrogens (tertiary/aromatic N) is 5. The zero-order valence-electron chi connectivity index (χ0n) is 12.1. The van der Waals surface area contributed by atoms with Gasteiger partial charge in [-0.3, -0.25) is 4.90 Å². The topological polar surface area (TPSA) is 56.1 Å². The standard InChI is InChI=1S/C12H23N5O/c1-9(10-13-14-15-16(10)6)17-7-11(2,3)18-12(4,5)8-17/h9H,7-8H2,1-6H3. The molecule has 1 unspecified atom stereocenters. The molecule has 0 aromatic carbocycles. The highest BCUT2D eigenvalue weighted by Crippen LogP contribution is 2.32. The zero-order valence-corrected chi connectivity index (χ0v) is 12.1. The molecule has 0 saturated carbocycles. The summed E-state index contributed by atoms with van der Waals surface area (Å²) in [5, 5.41) is 11.7. The highest BCUT2D eigenvalue weighted by molar-refractivity contribution is 4.97. The molecule has 102 valence electrons. The SMILES string of the molecule is CC(c1nnnn1C)N1CC(C)(C)OC(C)(C)C1. The zero-order chi connectivity index (χ0) is 13.6. The van der Waals surface area contributed by atoms with Crippen molar-refractivity contribution in [2.45, 2.75) is 51.9 Å². The molecule has 1 fully saturated rings. The second-order valence-electron chi connectivity index (χ2n) is 6.36. The van der Waals surface area contributed by atoms with E-state index in [1.807, 2.05) is 7.05 Å². The third-order valence-corrected chi connectivity index (χ3v) is 3.29. The van der Waals surface area contributed by atoms with Crippen LogP contribution in [0.3, 0.4) is 0 Å². The molecule has 1 atom stereocenters. The lowest BCUT2D eigenvalue weighted by atomic mass is 9.97. The van der Waals surface area contributed by atoms with Gasteiger partial charge in [-0.25, -0.2) is 4.68 Å². The third kappa shape index (κ3) is 2.70. The highest BCUT2D eigenvalue weighted by Gasteiger charge is 2.40. The van der Waals surface area contributed by atoms with Crippen LogP contribution in [-0.4, -0.2) is 49.4 Å². The summed E-state index contributed by atoms with van der Waals surface area (Å²) in [6, 6.07) is 0.187. The van der Waals surface area contributed by atoms with Crippen LogP contribution in [0.25, 0.3) is 0 Å². The Morgan fingerprint density at radius 1 is 1.17 bits per heavy atom. The monoisotopic (exact) mass is 253 g/mol. The van der Waals surface area contributed by atoms with Crippen molar-refractivity contribution < 1.29 is 4.74 Å². The van der Waals surface area contributed by atoms with Crippen molar-refractivity contribution >= 4 is 0 Å². The summed E-state index contributed by atoms with van der Waals surface area (Å²) in [4.78, 5) is 2.38. The maximum absolute atomic E-state index is 6.09. The molecule has 1 aromatic rings. The summed E-state index contributed by atoms with van der Waals surface area (Å²) in [7, 11) is 1.88. The fourth-order valence-corrected chi connectivity index (χ4v) is 2.87. The van der Waals surface area contributed by atoms with E-state index in [4.69, 9.17) is 4.74 Å². The van der Waals surface area contributed by atoms with Crippen LogP contribution in [0.2, 0.25) is 0 Å². The first-order valence-electron chi connectivity index (χ1n) is 6.37. The summed E-state index contributed by atoms with van der Waals surface area (Å²) in [5.41, 5.74) is -0.302. The molecule has 1 aliphatic heterocycles. The van der Waals surface area contributed by atoms with Gasteiger partial charge in [-0.2, -0.15) is 0 Å². The number of aromatic nitrogens is 4. The fourth-order valence-electron chi connectivity index (χ4n) is 2.87. The van der Waals surface area contributed by atoms with Gasteiger partial charge in [-0.15, -0.1) is 5.10 Å². The van der Waals surface area contributed by atoms with Crippen LogP contribution in [0, 0.1) is 0 Å². The first-order chi connectivity index (χ1) is 8.20. The number of tetrazole rings is 1. The predicted molar refractivity (Wildman–Crippen MR) is 68.0 cm³/mol. The van der Waals surface area contributed by atoms with E-state index in [1.165, 1.54) is 0 Å². The molecule has 1 aliphatic rings. The van der Waals surface area contributed by atoms with Crippen molar-refractivity contribution in [3.05, 3.63) is 5.82 Å². The van der Waals surface area contributed by atoms with E-state index in [0.29, 0.717) is 0 Å². The molecular formula is C12H23N5O. The van der Waals surface area contributed by atoms with Gasteiger partial charge >= 0.3 is 0 Å². The average molecular weight is 253 g/mol. The van der Waals surface area contributed by atoms with Crippen LogP contribution in [0.5, 0.6) is 0 Å². The number of morpholine rings is 1.